The molecule has 1 aliphatic rings. The smallest absolute Gasteiger partial charge is 0.323 e. The second-order valence-corrected chi connectivity index (χ2v) is 4.84. The zero-order chi connectivity index (χ0) is 11.6. The summed E-state index contributed by atoms with van der Waals surface area (Å²) in [5.74, 6) is -0.916. The molecule has 4 heteroatoms. The van der Waals surface area contributed by atoms with Crippen molar-refractivity contribution in [2.75, 3.05) is 6.54 Å². The van der Waals surface area contributed by atoms with Crippen LogP contribution in [0.2, 0.25) is 0 Å². The number of rotatable bonds is 6. The highest BCUT2D eigenvalue weighted by molar-refractivity contribution is 5.77. The summed E-state index contributed by atoms with van der Waals surface area (Å²) >= 11 is 0. The Labute approximate surface area is 91.4 Å². The normalized spacial score (nSPS) is 22.5. The Hall–Kier alpha value is -0.610. The first-order chi connectivity index (χ1) is 6.88. The Morgan fingerprint density at radius 2 is 2.20 bits per heavy atom. The van der Waals surface area contributed by atoms with E-state index in [1.807, 2.05) is 0 Å². The van der Waals surface area contributed by atoms with E-state index in [9.17, 15) is 4.79 Å². The van der Waals surface area contributed by atoms with Crippen molar-refractivity contribution in [1.82, 2.24) is 4.90 Å². The lowest BCUT2D eigenvalue weighted by Gasteiger charge is -2.32. The van der Waals surface area contributed by atoms with Crippen molar-refractivity contribution < 1.29 is 9.90 Å². The van der Waals surface area contributed by atoms with E-state index in [-0.39, 0.29) is 6.04 Å². The summed E-state index contributed by atoms with van der Waals surface area (Å²) in [5.41, 5.74) is 4.64. The molecule has 4 nitrogen and oxygen atoms in total. The van der Waals surface area contributed by atoms with Gasteiger partial charge >= 0.3 is 5.97 Å². The maximum Gasteiger partial charge on any atom is 0.323 e. The van der Waals surface area contributed by atoms with Gasteiger partial charge in [-0.05, 0) is 39.7 Å². The van der Waals surface area contributed by atoms with Gasteiger partial charge in [0.1, 0.15) is 5.54 Å². The van der Waals surface area contributed by atoms with E-state index in [2.05, 4.69) is 18.7 Å². The van der Waals surface area contributed by atoms with Crippen LogP contribution in [0.15, 0.2) is 0 Å². The molecule has 1 saturated carbocycles. The van der Waals surface area contributed by atoms with Crippen LogP contribution in [0.5, 0.6) is 0 Å². The van der Waals surface area contributed by atoms with E-state index < -0.39 is 11.5 Å². The van der Waals surface area contributed by atoms with Crippen molar-refractivity contribution in [2.24, 2.45) is 5.73 Å². The van der Waals surface area contributed by atoms with Gasteiger partial charge in [0.25, 0.3) is 0 Å². The van der Waals surface area contributed by atoms with Crippen LogP contribution in [0, 0.1) is 0 Å². The summed E-state index contributed by atoms with van der Waals surface area (Å²) in [7, 11) is 0. The third-order valence-electron chi connectivity index (χ3n) is 3.16. The molecule has 0 aromatic rings. The molecule has 0 aliphatic heterocycles. The van der Waals surface area contributed by atoms with E-state index in [0.29, 0.717) is 12.5 Å². The largest absolute Gasteiger partial charge is 0.480 e. The molecule has 0 aromatic heterocycles. The number of nitrogens with zero attached hydrogens (tertiary/aromatic N) is 1. The molecule has 0 aromatic carbocycles. The fourth-order valence-electron chi connectivity index (χ4n) is 2.15. The summed E-state index contributed by atoms with van der Waals surface area (Å²) in [4.78, 5) is 13.3. The van der Waals surface area contributed by atoms with Crippen LogP contribution in [-0.4, -0.2) is 40.1 Å². The number of hydrogen-bond donors (Lipinski definition) is 2. The molecule has 88 valence electrons. The molecule has 0 radical (unpaired) electrons. The van der Waals surface area contributed by atoms with Gasteiger partial charge in [0, 0.05) is 12.1 Å². The molecule has 15 heavy (non-hydrogen) atoms. The molecule has 0 spiro atoms. The quantitative estimate of drug-likeness (QED) is 0.693. The number of carboxylic acids is 1. The van der Waals surface area contributed by atoms with E-state index >= 15 is 0 Å². The Kier molecular flexibility index (Phi) is 3.73. The average molecular weight is 214 g/mol. The number of hydrogen-bond acceptors (Lipinski definition) is 3. The molecule has 0 saturated heterocycles. The molecular weight excluding hydrogens is 192 g/mol. The Morgan fingerprint density at radius 1 is 1.67 bits per heavy atom. The maximum absolute atomic E-state index is 10.9. The fraction of sp³-hybridized carbons (Fsp3) is 0.909. The Morgan fingerprint density at radius 3 is 2.53 bits per heavy atom. The molecule has 1 rings (SSSR count). The predicted molar refractivity (Wildman–Crippen MR) is 59.7 cm³/mol. The molecular formula is C11H22N2O2. The minimum atomic E-state index is -1.11. The SMILES string of the molecule is CCN(C(C)CC(C)(N)C(=O)O)C1CC1. The molecule has 3 N–H and O–H groups in total. The third kappa shape index (κ3) is 3.18. The van der Waals surface area contributed by atoms with Gasteiger partial charge in [-0.2, -0.15) is 0 Å². The summed E-state index contributed by atoms with van der Waals surface area (Å²) in [6, 6.07) is 0.906. The zero-order valence-electron chi connectivity index (χ0n) is 9.86. The standard InChI is InChI=1S/C11H22N2O2/c1-4-13(9-5-6-9)8(2)7-11(3,12)10(14)15/h8-9H,4-7,12H2,1-3H3,(H,14,15). The van der Waals surface area contributed by atoms with Gasteiger partial charge < -0.3 is 10.8 Å². The summed E-state index contributed by atoms with van der Waals surface area (Å²) in [5, 5.41) is 8.96. The highest BCUT2D eigenvalue weighted by Gasteiger charge is 2.36. The van der Waals surface area contributed by atoms with Crippen molar-refractivity contribution in [2.45, 2.75) is 57.7 Å². The van der Waals surface area contributed by atoms with E-state index in [0.717, 1.165) is 6.54 Å². The lowest BCUT2D eigenvalue weighted by molar-refractivity contribution is -0.143. The van der Waals surface area contributed by atoms with E-state index in [1.54, 1.807) is 6.92 Å². The fourth-order valence-corrected chi connectivity index (χ4v) is 2.15. The lowest BCUT2D eigenvalue weighted by atomic mass is 9.94. The second-order valence-electron chi connectivity index (χ2n) is 4.84. The molecule has 0 heterocycles. The van der Waals surface area contributed by atoms with Crippen molar-refractivity contribution >= 4 is 5.97 Å². The van der Waals surface area contributed by atoms with Gasteiger partial charge in [-0.3, -0.25) is 9.69 Å². The van der Waals surface area contributed by atoms with Gasteiger partial charge in [-0.15, -0.1) is 0 Å². The van der Waals surface area contributed by atoms with Crippen LogP contribution in [0.3, 0.4) is 0 Å². The average Bonchev–Trinajstić information content (AvgIpc) is 2.88. The predicted octanol–water partition coefficient (Wildman–Crippen LogP) is 1.05. The van der Waals surface area contributed by atoms with Gasteiger partial charge in [-0.25, -0.2) is 0 Å². The van der Waals surface area contributed by atoms with Gasteiger partial charge in [-0.1, -0.05) is 6.92 Å². The second kappa shape index (κ2) is 4.49. The van der Waals surface area contributed by atoms with Crippen LogP contribution >= 0.6 is 0 Å². The highest BCUT2D eigenvalue weighted by Crippen LogP contribution is 2.30. The molecule has 0 bridgehead atoms. The first-order valence-corrected chi connectivity index (χ1v) is 5.66. The number of carboxylic acid groups (broad SMARTS) is 1. The Bertz CT molecular complexity index is 237. The van der Waals surface area contributed by atoms with Crippen molar-refractivity contribution in [1.29, 1.82) is 0 Å². The van der Waals surface area contributed by atoms with E-state index in [1.165, 1.54) is 12.8 Å². The van der Waals surface area contributed by atoms with Crippen molar-refractivity contribution in [3.63, 3.8) is 0 Å². The first kappa shape index (κ1) is 12.5. The molecule has 1 fully saturated rings. The van der Waals surface area contributed by atoms with Crippen molar-refractivity contribution in [3.8, 4) is 0 Å². The summed E-state index contributed by atoms with van der Waals surface area (Å²) < 4.78 is 0. The Balaban J connectivity index is 2.52. The third-order valence-corrected chi connectivity index (χ3v) is 3.16. The molecule has 2 atom stereocenters. The minimum Gasteiger partial charge on any atom is -0.480 e. The van der Waals surface area contributed by atoms with E-state index in [4.69, 9.17) is 10.8 Å². The zero-order valence-corrected chi connectivity index (χ0v) is 9.86. The topological polar surface area (TPSA) is 66.6 Å². The number of nitrogens with two attached hydrogens (primary N) is 1. The number of carbonyl (C=O) groups is 1. The molecule has 1 aliphatic carbocycles. The van der Waals surface area contributed by atoms with Crippen LogP contribution in [0.25, 0.3) is 0 Å². The van der Waals surface area contributed by atoms with Crippen molar-refractivity contribution in [3.05, 3.63) is 0 Å². The van der Waals surface area contributed by atoms with Gasteiger partial charge in [0.2, 0.25) is 0 Å². The van der Waals surface area contributed by atoms with Crippen LogP contribution in [-0.2, 0) is 4.79 Å². The number of aliphatic carboxylic acids is 1. The van der Waals surface area contributed by atoms with Crippen LogP contribution < -0.4 is 5.73 Å². The van der Waals surface area contributed by atoms with Gasteiger partial charge in [0.15, 0.2) is 0 Å². The first-order valence-electron chi connectivity index (χ1n) is 5.66. The summed E-state index contributed by atoms with van der Waals surface area (Å²) in [6.45, 7) is 6.74. The van der Waals surface area contributed by atoms with Crippen LogP contribution in [0.1, 0.15) is 40.0 Å². The minimum absolute atomic E-state index is 0.244. The highest BCUT2D eigenvalue weighted by atomic mass is 16.4. The maximum atomic E-state index is 10.9. The molecule has 0 amide bonds. The summed E-state index contributed by atoms with van der Waals surface area (Å²) in [6.07, 6.45) is 2.99. The van der Waals surface area contributed by atoms with Crippen LogP contribution in [0.4, 0.5) is 0 Å². The lowest BCUT2D eigenvalue weighted by Crippen LogP contribution is -2.50. The monoisotopic (exact) mass is 214 g/mol. The molecule has 2 unspecified atom stereocenters. The van der Waals surface area contributed by atoms with Gasteiger partial charge in [0.05, 0.1) is 0 Å².